The first-order valence-corrected chi connectivity index (χ1v) is 7.94. The van der Waals surface area contributed by atoms with Gasteiger partial charge in [0.15, 0.2) is 0 Å². The molecule has 0 spiro atoms. The molecule has 1 N–H and O–H groups in total. The highest BCUT2D eigenvalue weighted by atomic mass is 16.6. The highest BCUT2D eigenvalue weighted by Gasteiger charge is 2.37. The summed E-state index contributed by atoms with van der Waals surface area (Å²) in [5, 5.41) is 13.5. The second kappa shape index (κ2) is 6.75. The fraction of sp³-hybridized carbons (Fsp3) is 0.167. The van der Waals surface area contributed by atoms with Crippen molar-refractivity contribution in [2.24, 2.45) is 0 Å². The number of fused-ring (bicyclic) bond motifs is 1. The molecular weight excluding hydrogens is 338 g/mol. The minimum Gasteiger partial charge on any atom is -0.325 e. The van der Waals surface area contributed by atoms with Crippen LogP contribution in [-0.4, -0.2) is 34.1 Å². The number of nitro benzene ring substituents is 1. The van der Waals surface area contributed by atoms with E-state index in [0.29, 0.717) is 5.69 Å². The Labute approximate surface area is 148 Å². The van der Waals surface area contributed by atoms with Gasteiger partial charge in [0.25, 0.3) is 17.5 Å². The maximum Gasteiger partial charge on any atom is 0.270 e. The van der Waals surface area contributed by atoms with E-state index in [1.807, 2.05) is 19.1 Å². The molecule has 0 radical (unpaired) electrons. The number of hydrogen-bond donors (Lipinski definition) is 1. The van der Waals surface area contributed by atoms with Crippen LogP contribution in [0.5, 0.6) is 0 Å². The molecule has 0 saturated carbocycles. The van der Waals surface area contributed by atoms with Gasteiger partial charge in [-0.25, -0.2) is 0 Å². The van der Waals surface area contributed by atoms with Gasteiger partial charge in [0.05, 0.1) is 16.1 Å². The number of imide groups is 1. The Morgan fingerprint density at radius 2 is 1.85 bits per heavy atom. The van der Waals surface area contributed by atoms with Crippen molar-refractivity contribution in [1.82, 2.24) is 4.90 Å². The number of carbonyl (C=O) groups is 3. The molecule has 0 aromatic heterocycles. The van der Waals surface area contributed by atoms with Gasteiger partial charge in [-0.2, -0.15) is 0 Å². The average Bonchev–Trinajstić information content (AvgIpc) is 2.86. The highest BCUT2D eigenvalue weighted by Crippen LogP contribution is 2.26. The van der Waals surface area contributed by atoms with Gasteiger partial charge < -0.3 is 5.32 Å². The first-order chi connectivity index (χ1) is 12.4. The van der Waals surface area contributed by atoms with E-state index >= 15 is 0 Å². The molecule has 1 heterocycles. The van der Waals surface area contributed by atoms with Gasteiger partial charge in [-0.05, 0) is 30.2 Å². The van der Waals surface area contributed by atoms with Crippen molar-refractivity contribution in [1.29, 1.82) is 0 Å². The van der Waals surface area contributed by atoms with Crippen molar-refractivity contribution in [2.75, 3.05) is 11.9 Å². The zero-order valence-electron chi connectivity index (χ0n) is 13.9. The topological polar surface area (TPSA) is 110 Å². The molecule has 0 fully saturated rings. The normalized spacial score (nSPS) is 12.9. The third-order valence-corrected chi connectivity index (χ3v) is 4.09. The molecule has 0 saturated heterocycles. The Hall–Kier alpha value is -3.55. The second-order valence-corrected chi connectivity index (χ2v) is 5.79. The van der Waals surface area contributed by atoms with Crippen LogP contribution in [0.1, 0.15) is 33.2 Å². The number of amides is 3. The fourth-order valence-electron chi connectivity index (χ4n) is 2.75. The number of rotatable bonds is 5. The van der Waals surface area contributed by atoms with E-state index in [4.69, 9.17) is 0 Å². The molecule has 0 bridgehead atoms. The summed E-state index contributed by atoms with van der Waals surface area (Å²) in [6.07, 6.45) is 0.806. The summed E-state index contributed by atoms with van der Waals surface area (Å²) in [5.74, 6) is -1.88. The zero-order valence-corrected chi connectivity index (χ0v) is 13.9. The molecule has 3 rings (SSSR count). The van der Waals surface area contributed by atoms with Crippen molar-refractivity contribution in [3.63, 3.8) is 0 Å². The summed E-state index contributed by atoms with van der Waals surface area (Å²) < 4.78 is 0. The largest absolute Gasteiger partial charge is 0.325 e. The third kappa shape index (κ3) is 3.16. The van der Waals surface area contributed by atoms with E-state index in [9.17, 15) is 24.5 Å². The molecule has 8 nitrogen and oxygen atoms in total. The van der Waals surface area contributed by atoms with Crippen LogP contribution in [0.2, 0.25) is 0 Å². The van der Waals surface area contributed by atoms with Crippen molar-refractivity contribution < 1.29 is 19.3 Å². The lowest BCUT2D eigenvalue weighted by Gasteiger charge is -2.14. The number of non-ortho nitro benzene ring substituents is 1. The Morgan fingerprint density at radius 3 is 2.54 bits per heavy atom. The van der Waals surface area contributed by atoms with E-state index in [-0.39, 0.29) is 16.8 Å². The summed E-state index contributed by atoms with van der Waals surface area (Å²) in [4.78, 5) is 47.9. The van der Waals surface area contributed by atoms with Crippen molar-refractivity contribution in [3.8, 4) is 0 Å². The number of nitrogens with zero attached hydrogens (tertiary/aromatic N) is 2. The van der Waals surface area contributed by atoms with Crippen LogP contribution in [0, 0.1) is 10.1 Å². The molecule has 2 aromatic carbocycles. The molecule has 0 atom stereocenters. The summed E-state index contributed by atoms with van der Waals surface area (Å²) in [7, 11) is 0. The molecule has 3 amide bonds. The lowest BCUT2D eigenvalue weighted by Crippen LogP contribution is -2.37. The molecule has 26 heavy (non-hydrogen) atoms. The van der Waals surface area contributed by atoms with Gasteiger partial charge >= 0.3 is 0 Å². The predicted molar refractivity (Wildman–Crippen MR) is 92.9 cm³/mol. The number of nitro groups is 1. The summed E-state index contributed by atoms with van der Waals surface area (Å²) in [6, 6.07) is 10.7. The first kappa shape index (κ1) is 17.3. The third-order valence-electron chi connectivity index (χ3n) is 4.09. The quantitative estimate of drug-likeness (QED) is 0.504. The molecule has 1 aliphatic rings. The smallest absolute Gasteiger partial charge is 0.270 e. The van der Waals surface area contributed by atoms with Crippen LogP contribution in [0.4, 0.5) is 11.4 Å². The molecule has 2 aromatic rings. The number of nitrogens with one attached hydrogen (secondary N) is 1. The molecule has 0 aliphatic carbocycles. The van der Waals surface area contributed by atoms with E-state index < -0.39 is 29.2 Å². The summed E-state index contributed by atoms with van der Waals surface area (Å²) in [6.45, 7) is 1.52. The Morgan fingerprint density at radius 1 is 1.12 bits per heavy atom. The zero-order chi connectivity index (χ0) is 18.8. The lowest BCUT2D eigenvalue weighted by molar-refractivity contribution is -0.384. The van der Waals surface area contributed by atoms with Crippen LogP contribution < -0.4 is 5.32 Å². The van der Waals surface area contributed by atoms with E-state index in [2.05, 4.69) is 5.32 Å². The van der Waals surface area contributed by atoms with Gasteiger partial charge in [-0.1, -0.05) is 19.1 Å². The van der Waals surface area contributed by atoms with E-state index in [0.717, 1.165) is 29.0 Å². The van der Waals surface area contributed by atoms with Crippen molar-refractivity contribution in [2.45, 2.75) is 13.3 Å². The van der Waals surface area contributed by atoms with Crippen LogP contribution in [0.3, 0.4) is 0 Å². The van der Waals surface area contributed by atoms with Crippen LogP contribution in [0.25, 0.3) is 0 Å². The van der Waals surface area contributed by atoms with Gasteiger partial charge in [0.1, 0.15) is 6.54 Å². The number of anilines is 1. The number of aryl methyl sites for hydroxylation is 1. The maximum atomic E-state index is 12.4. The predicted octanol–water partition coefficient (Wildman–Crippen LogP) is 2.39. The van der Waals surface area contributed by atoms with Gasteiger partial charge in [-0.15, -0.1) is 0 Å². The number of benzene rings is 2. The monoisotopic (exact) mass is 353 g/mol. The summed E-state index contributed by atoms with van der Waals surface area (Å²) >= 11 is 0. The Balaban J connectivity index is 1.75. The van der Waals surface area contributed by atoms with Crippen LogP contribution in [-0.2, 0) is 11.2 Å². The SMILES string of the molecule is CCc1cccc(NC(=O)CN2C(=O)c3ccc([N+](=O)[O-])cc3C2=O)c1. The molecule has 132 valence electrons. The number of carbonyl (C=O) groups excluding carboxylic acids is 3. The fourth-order valence-corrected chi connectivity index (χ4v) is 2.75. The highest BCUT2D eigenvalue weighted by molar-refractivity contribution is 6.23. The van der Waals surface area contributed by atoms with E-state index in [1.54, 1.807) is 12.1 Å². The Bertz CT molecular complexity index is 938. The molecule has 1 aliphatic heterocycles. The lowest BCUT2D eigenvalue weighted by atomic mass is 10.1. The first-order valence-electron chi connectivity index (χ1n) is 7.94. The molecule has 8 heteroatoms. The minimum absolute atomic E-state index is 0.0568. The minimum atomic E-state index is -0.717. The van der Waals surface area contributed by atoms with Crippen LogP contribution in [0.15, 0.2) is 42.5 Å². The van der Waals surface area contributed by atoms with E-state index in [1.165, 1.54) is 6.07 Å². The van der Waals surface area contributed by atoms with Crippen molar-refractivity contribution >= 4 is 29.1 Å². The number of hydrogen-bond acceptors (Lipinski definition) is 5. The second-order valence-electron chi connectivity index (χ2n) is 5.79. The maximum absolute atomic E-state index is 12.4. The standard InChI is InChI=1S/C18H15N3O5/c1-2-11-4-3-5-12(8-11)19-16(22)10-20-17(23)14-7-6-13(21(25)26)9-15(14)18(20)24/h3-9H,2,10H2,1H3,(H,19,22). The van der Waals surface area contributed by atoms with Gasteiger partial charge in [0.2, 0.25) is 5.91 Å². The van der Waals surface area contributed by atoms with Crippen molar-refractivity contribution in [3.05, 3.63) is 69.3 Å². The molecular formula is C18H15N3O5. The summed E-state index contributed by atoms with van der Waals surface area (Å²) in [5.41, 5.74) is 1.32. The molecule has 0 unspecified atom stereocenters. The Kier molecular flexibility index (Phi) is 4.49. The van der Waals surface area contributed by atoms with Crippen LogP contribution >= 0.6 is 0 Å². The average molecular weight is 353 g/mol. The van der Waals surface area contributed by atoms with Gasteiger partial charge in [-0.3, -0.25) is 29.4 Å². The van der Waals surface area contributed by atoms with Gasteiger partial charge in [0, 0.05) is 17.8 Å².